The fourth-order valence-electron chi connectivity index (χ4n) is 2.07. The number of halogens is 1. The predicted octanol–water partition coefficient (Wildman–Crippen LogP) is -0.106. The molecule has 0 saturated heterocycles. The molecule has 0 radical (unpaired) electrons. The third kappa shape index (κ3) is 4.63. The van der Waals surface area contributed by atoms with Crippen LogP contribution in [0, 0.1) is 0 Å². The maximum absolute atomic E-state index is 3.84. The Morgan fingerprint density at radius 3 is 1.94 bits per heavy atom. The number of aromatic amines is 1. The van der Waals surface area contributed by atoms with Crippen LogP contribution in [0.15, 0.2) is 56.3 Å². The third-order valence-corrected chi connectivity index (χ3v) is 2.72. The highest BCUT2D eigenvalue weighted by Crippen LogP contribution is 2.14. The number of H-pyrrole nitrogens is 1. The molecule has 2 nitrogen and oxygen atoms in total. The van der Waals surface area contributed by atoms with Gasteiger partial charge in [0.1, 0.15) is 6.54 Å². The third-order valence-electron chi connectivity index (χ3n) is 2.72. The average molecular weight is 253 g/mol. The highest BCUT2D eigenvalue weighted by Gasteiger charge is 2.23. The molecule has 1 heterocycles. The van der Waals surface area contributed by atoms with Gasteiger partial charge in [-0.15, -0.1) is 0 Å². The van der Waals surface area contributed by atoms with Crippen molar-refractivity contribution in [3.05, 3.63) is 62.0 Å². The molecule has 0 spiro atoms. The van der Waals surface area contributed by atoms with E-state index in [-0.39, 0.29) is 12.4 Å². The van der Waals surface area contributed by atoms with E-state index in [4.69, 9.17) is 0 Å². The molecule has 1 aromatic rings. The second-order valence-electron chi connectivity index (χ2n) is 4.11. The molecule has 0 aliphatic heterocycles. The van der Waals surface area contributed by atoms with Crippen LogP contribution >= 0.6 is 0 Å². The number of nitrogens with one attached hydrogen (secondary N) is 1. The summed E-state index contributed by atoms with van der Waals surface area (Å²) in [6, 6.07) is 4.14. The van der Waals surface area contributed by atoms with Gasteiger partial charge in [0.2, 0.25) is 0 Å². The first-order chi connectivity index (χ1) is 7.76. The molecule has 0 fully saturated rings. The van der Waals surface area contributed by atoms with Gasteiger partial charge in [-0.1, -0.05) is 19.7 Å². The van der Waals surface area contributed by atoms with E-state index in [1.807, 2.05) is 30.5 Å². The van der Waals surface area contributed by atoms with E-state index in [2.05, 4.69) is 30.8 Å². The number of hydrogen-bond donors (Lipinski definition) is 1. The maximum atomic E-state index is 3.84. The van der Waals surface area contributed by atoms with Crippen LogP contribution in [0.1, 0.15) is 5.69 Å². The van der Waals surface area contributed by atoms with E-state index in [1.54, 1.807) is 0 Å². The van der Waals surface area contributed by atoms with Crippen molar-refractivity contribution in [2.24, 2.45) is 0 Å². The standard InChI is InChI=1S/C14H21N2.ClH/c1-4-10-16(11-5-2,12-6-3)13-14-8-7-9-15-14;/h4-9,15H,1-3,10-13H2;1H/q+1;/p-1. The summed E-state index contributed by atoms with van der Waals surface area (Å²) < 4.78 is 0.900. The van der Waals surface area contributed by atoms with Crippen LogP contribution in [-0.2, 0) is 6.54 Å². The second kappa shape index (κ2) is 7.93. The summed E-state index contributed by atoms with van der Waals surface area (Å²) in [5.41, 5.74) is 1.24. The predicted molar refractivity (Wildman–Crippen MR) is 69.9 cm³/mol. The van der Waals surface area contributed by atoms with Crippen molar-refractivity contribution >= 4 is 0 Å². The lowest BCUT2D eigenvalue weighted by molar-refractivity contribution is -0.925. The monoisotopic (exact) mass is 252 g/mol. The molecular formula is C14H21ClN2. The Labute approximate surface area is 110 Å². The summed E-state index contributed by atoms with van der Waals surface area (Å²) in [5.74, 6) is 0. The van der Waals surface area contributed by atoms with Crippen molar-refractivity contribution in [2.45, 2.75) is 6.54 Å². The zero-order valence-electron chi connectivity index (χ0n) is 10.2. The average Bonchev–Trinajstić information content (AvgIpc) is 2.71. The van der Waals surface area contributed by atoms with Gasteiger partial charge in [-0.3, -0.25) is 0 Å². The normalized spacial score (nSPS) is 10.4. The van der Waals surface area contributed by atoms with Crippen LogP contribution < -0.4 is 12.4 Å². The fraction of sp³-hybridized carbons (Fsp3) is 0.286. The summed E-state index contributed by atoms with van der Waals surface area (Å²) in [7, 11) is 0. The van der Waals surface area contributed by atoms with Gasteiger partial charge >= 0.3 is 0 Å². The van der Waals surface area contributed by atoms with E-state index < -0.39 is 0 Å². The largest absolute Gasteiger partial charge is 1.00 e. The molecule has 1 aromatic heterocycles. The van der Waals surface area contributed by atoms with Gasteiger partial charge in [0, 0.05) is 6.20 Å². The molecule has 0 amide bonds. The summed E-state index contributed by atoms with van der Waals surface area (Å²) >= 11 is 0. The van der Waals surface area contributed by atoms with E-state index in [0.717, 1.165) is 30.7 Å². The lowest BCUT2D eigenvalue weighted by atomic mass is 10.2. The fourth-order valence-corrected chi connectivity index (χ4v) is 2.07. The number of hydrogen-bond acceptors (Lipinski definition) is 0. The van der Waals surface area contributed by atoms with E-state index in [9.17, 15) is 0 Å². The molecule has 1 N–H and O–H groups in total. The molecule has 0 saturated carbocycles. The minimum Gasteiger partial charge on any atom is -1.00 e. The molecule has 0 atom stereocenters. The SMILES string of the molecule is C=CC[N+](CC=C)(CC=C)Cc1ccc[nH]1.[Cl-]. The lowest BCUT2D eigenvalue weighted by Crippen LogP contribution is -3.00. The summed E-state index contributed by atoms with van der Waals surface area (Å²) in [6.45, 7) is 15.3. The van der Waals surface area contributed by atoms with Crippen molar-refractivity contribution in [1.29, 1.82) is 0 Å². The molecule has 0 aromatic carbocycles. The molecule has 0 aliphatic rings. The molecule has 1 rings (SSSR count). The number of quaternary nitrogens is 1. The zero-order chi connectivity index (χ0) is 11.9. The Morgan fingerprint density at radius 2 is 1.59 bits per heavy atom. The van der Waals surface area contributed by atoms with Crippen LogP contribution in [-0.4, -0.2) is 29.1 Å². The Morgan fingerprint density at radius 1 is 1.06 bits per heavy atom. The maximum Gasteiger partial charge on any atom is 0.120 e. The molecule has 0 aliphatic carbocycles. The Kier molecular flexibility index (Phi) is 7.35. The van der Waals surface area contributed by atoms with Crippen LogP contribution in [0.5, 0.6) is 0 Å². The van der Waals surface area contributed by atoms with Crippen LogP contribution in [0.2, 0.25) is 0 Å². The first-order valence-electron chi connectivity index (χ1n) is 5.56. The molecule has 94 valence electrons. The summed E-state index contributed by atoms with van der Waals surface area (Å²) in [5, 5.41) is 0. The molecular weight excluding hydrogens is 232 g/mol. The van der Waals surface area contributed by atoms with Gasteiger partial charge in [0.05, 0.1) is 25.3 Å². The minimum absolute atomic E-state index is 0. The topological polar surface area (TPSA) is 15.8 Å². The summed E-state index contributed by atoms with van der Waals surface area (Å²) in [4.78, 5) is 3.25. The van der Waals surface area contributed by atoms with Gasteiger partial charge in [0.15, 0.2) is 0 Å². The highest BCUT2D eigenvalue weighted by atomic mass is 35.5. The first kappa shape index (κ1) is 15.8. The van der Waals surface area contributed by atoms with Crippen molar-refractivity contribution < 1.29 is 16.9 Å². The zero-order valence-corrected chi connectivity index (χ0v) is 11.0. The van der Waals surface area contributed by atoms with Crippen molar-refractivity contribution in [3.63, 3.8) is 0 Å². The van der Waals surface area contributed by atoms with Crippen molar-refractivity contribution in [3.8, 4) is 0 Å². The second-order valence-corrected chi connectivity index (χ2v) is 4.11. The van der Waals surface area contributed by atoms with Gasteiger partial charge in [0.25, 0.3) is 0 Å². The highest BCUT2D eigenvalue weighted by molar-refractivity contribution is 5.02. The van der Waals surface area contributed by atoms with Gasteiger partial charge in [-0.05, 0) is 30.4 Å². The number of nitrogens with zero attached hydrogens (tertiary/aromatic N) is 1. The lowest BCUT2D eigenvalue weighted by Gasteiger charge is -2.35. The van der Waals surface area contributed by atoms with Gasteiger partial charge < -0.3 is 21.9 Å². The van der Waals surface area contributed by atoms with Crippen LogP contribution in [0.3, 0.4) is 0 Å². The van der Waals surface area contributed by atoms with Crippen LogP contribution in [0.4, 0.5) is 0 Å². The van der Waals surface area contributed by atoms with Gasteiger partial charge in [-0.2, -0.15) is 0 Å². The minimum atomic E-state index is 0. The molecule has 0 unspecified atom stereocenters. The quantitative estimate of drug-likeness (QED) is 0.491. The number of rotatable bonds is 8. The molecule has 0 bridgehead atoms. The first-order valence-corrected chi connectivity index (χ1v) is 5.56. The number of aromatic nitrogens is 1. The smallest absolute Gasteiger partial charge is 0.120 e. The van der Waals surface area contributed by atoms with Gasteiger partial charge in [-0.25, -0.2) is 0 Å². The Hall–Kier alpha value is -1.25. The summed E-state index contributed by atoms with van der Waals surface area (Å²) in [6.07, 6.45) is 7.86. The Balaban J connectivity index is 0.00000256. The van der Waals surface area contributed by atoms with E-state index in [0.29, 0.717) is 0 Å². The van der Waals surface area contributed by atoms with E-state index >= 15 is 0 Å². The van der Waals surface area contributed by atoms with Crippen molar-refractivity contribution in [1.82, 2.24) is 4.98 Å². The Bertz CT molecular complexity index is 315. The van der Waals surface area contributed by atoms with Crippen LogP contribution in [0.25, 0.3) is 0 Å². The van der Waals surface area contributed by atoms with E-state index in [1.165, 1.54) is 5.69 Å². The van der Waals surface area contributed by atoms with Crippen molar-refractivity contribution in [2.75, 3.05) is 19.6 Å². The molecule has 17 heavy (non-hydrogen) atoms. The molecule has 3 heteroatoms.